The van der Waals surface area contributed by atoms with E-state index in [4.69, 9.17) is 0 Å². The number of quaternary nitrogens is 1. The first-order chi connectivity index (χ1) is 13.2. The summed E-state index contributed by atoms with van der Waals surface area (Å²) in [6.07, 6.45) is 4.91. The van der Waals surface area contributed by atoms with Gasteiger partial charge >= 0.3 is 0 Å². The minimum atomic E-state index is 0. The third-order valence-corrected chi connectivity index (χ3v) is 5.66. The number of hydrogen-bond donors (Lipinski definition) is 3. The number of phenols is 1. The third kappa shape index (κ3) is 4.72. The van der Waals surface area contributed by atoms with Crippen molar-refractivity contribution in [3.05, 3.63) is 54.1 Å². The fourth-order valence-corrected chi connectivity index (χ4v) is 4.10. The Labute approximate surface area is 171 Å². The highest BCUT2D eigenvalue weighted by molar-refractivity contribution is 5.87. The minimum absolute atomic E-state index is 0. The van der Waals surface area contributed by atoms with Gasteiger partial charge in [-0.1, -0.05) is 36.4 Å². The molecule has 0 unspecified atom stereocenters. The van der Waals surface area contributed by atoms with E-state index in [0.717, 1.165) is 54.9 Å². The summed E-state index contributed by atoms with van der Waals surface area (Å²) >= 11 is 0. The number of rotatable bonds is 5. The molecule has 2 aromatic rings. The maximum absolute atomic E-state index is 12.4. The first-order valence-corrected chi connectivity index (χ1v) is 9.75. The number of aromatic hydroxyl groups is 1. The normalized spacial score (nSPS) is 20.6. The number of aliphatic imine (C=N–C) groups is 1. The molecule has 2 aliphatic rings. The standard InChI is InChI=1S/C22H25N3O2.ClH/c26-19-8-4-7-18-21(19)25-20(24-18)13-15-9-11-17(12-10-15)22(27)23-14-16-5-2-1-3-6-16;/h1-8,15,17,26H,9-14H2,(H,23,27)(H,24,25);1H. The van der Waals surface area contributed by atoms with Crippen molar-refractivity contribution >= 4 is 23.1 Å². The van der Waals surface area contributed by atoms with Crippen LogP contribution in [0.15, 0.2) is 53.5 Å². The highest BCUT2D eigenvalue weighted by atomic mass is 35.5. The van der Waals surface area contributed by atoms with Gasteiger partial charge in [-0.2, -0.15) is 4.99 Å². The van der Waals surface area contributed by atoms with Crippen LogP contribution in [0.1, 0.15) is 37.7 Å². The minimum Gasteiger partial charge on any atom is -1.00 e. The lowest BCUT2D eigenvalue weighted by molar-refractivity contribution is -0.442. The molecule has 4 rings (SSSR count). The molecule has 1 fully saturated rings. The number of halogens is 1. The van der Waals surface area contributed by atoms with Gasteiger partial charge in [0.25, 0.3) is 0 Å². The van der Waals surface area contributed by atoms with Crippen LogP contribution in [0.5, 0.6) is 5.75 Å². The van der Waals surface area contributed by atoms with Crippen LogP contribution in [0.25, 0.3) is 0 Å². The van der Waals surface area contributed by atoms with Crippen LogP contribution in [0.4, 0.5) is 11.4 Å². The lowest BCUT2D eigenvalue weighted by Gasteiger charge is -2.27. The average molecular weight is 400 g/mol. The number of hydrogen-bond acceptors (Lipinski definition) is 3. The van der Waals surface area contributed by atoms with Gasteiger partial charge < -0.3 is 22.8 Å². The highest BCUT2D eigenvalue weighted by Crippen LogP contribution is 2.35. The zero-order chi connectivity index (χ0) is 18.6. The second kappa shape index (κ2) is 9.22. The van der Waals surface area contributed by atoms with Crippen molar-refractivity contribution in [2.24, 2.45) is 16.8 Å². The lowest BCUT2D eigenvalue weighted by Crippen LogP contribution is -3.00. The predicted molar refractivity (Wildman–Crippen MR) is 105 cm³/mol. The third-order valence-electron chi connectivity index (χ3n) is 5.66. The molecule has 5 nitrogen and oxygen atoms in total. The van der Waals surface area contributed by atoms with E-state index in [9.17, 15) is 9.90 Å². The number of carbonyl (C=O) groups excluding carboxylic acids is 1. The average Bonchev–Trinajstić information content (AvgIpc) is 3.11. The zero-order valence-corrected chi connectivity index (χ0v) is 16.5. The van der Waals surface area contributed by atoms with Crippen molar-refractivity contribution < 1.29 is 27.6 Å². The van der Waals surface area contributed by atoms with Crippen LogP contribution in [0, 0.1) is 11.8 Å². The molecule has 1 heterocycles. The molecule has 148 valence electrons. The van der Waals surface area contributed by atoms with Gasteiger partial charge in [0.1, 0.15) is 5.69 Å². The smallest absolute Gasteiger partial charge is 0.223 e. The van der Waals surface area contributed by atoms with Gasteiger partial charge in [0.2, 0.25) is 17.4 Å². The van der Waals surface area contributed by atoms with E-state index < -0.39 is 0 Å². The van der Waals surface area contributed by atoms with E-state index in [2.05, 4.69) is 10.3 Å². The molecule has 1 amide bonds. The SMILES string of the molecule is O=C(NCc1ccccc1)C1CCC(CC2=Nc3cccc(O)c3[NH2+]2)CC1.[Cl-]. The summed E-state index contributed by atoms with van der Waals surface area (Å²) in [6.45, 7) is 0.604. The summed E-state index contributed by atoms with van der Waals surface area (Å²) in [6, 6.07) is 15.5. The van der Waals surface area contributed by atoms with Gasteiger partial charge in [-0.15, -0.1) is 0 Å². The number of amides is 1. The Morgan fingerprint density at radius 2 is 1.82 bits per heavy atom. The molecule has 4 N–H and O–H groups in total. The summed E-state index contributed by atoms with van der Waals surface area (Å²) in [7, 11) is 0. The quantitative estimate of drug-likeness (QED) is 0.494. The van der Waals surface area contributed by atoms with Gasteiger partial charge in [-0.05, 0) is 49.3 Å². The largest absolute Gasteiger partial charge is 1.00 e. The number of amidine groups is 1. The molecular weight excluding hydrogens is 374 g/mol. The van der Waals surface area contributed by atoms with Crippen LogP contribution < -0.4 is 23.0 Å². The number of nitrogens with two attached hydrogens (primary N) is 1. The number of nitrogens with zero attached hydrogens (tertiary/aromatic N) is 1. The van der Waals surface area contributed by atoms with Crippen molar-refractivity contribution in [1.29, 1.82) is 0 Å². The first kappa shape index (κ1) is 20.4. The molecule has 1 aliphatic carbocycles. The van der Waals surface area contributed by atoms with Crippen molar-refractivity contribution in [2.45, 2.75) is 38.6 Å². The van der Waals surface area contributed by atoms with Gasteiger partial charge in [-0.3, -0.25) is 10.1 Å². The summed E-state index contributed by atoms with van der Waals surface area (Å²) in [5.74, 6) is 2.21. The monoisotopic (exact) mass is 399 g/mol. The number of para-hydroxylation sites is 1. The number of nitrogens with one attached hydrogen (secondary N) is 1. The van der Waals surface area contributed by atoms with Gasteiger partial charge in [0.15, 0.2) is 5.75 Å². The van der Waals surface area contributed by atoms with Gasteiger partial charge in [-0.25, -0.2) is 0 Å². The van der Waals surface area contributed by atoms with Crippen LogP contribution in [0.2, 0.25) is 0 Å². The number of phenolic OH excluding ortho intramolecular Hbond substituents is 1. The first-order valence-electron chi connectivity index (χ1n) is 9.75. The highest BCUT2D eigenvalue weighted by Gasteiger charge is 2.30. The van der Waals surface area contributed by atoms with Gasteiger partial charge in [0, 0.05) is 18.9 Å². The van der Waals surface area contributed by atoms with Crippen molar-refractivity contribution in [3.8, 4) is 5.75 Å². The van der Waals surface area contributed by atoms with Crippen LogP contribution >= 0.6 is 0 Å². The van der Waals surface area contributed by atoms with Crippen LogP contribution in [0.3, 0.4) is 0 Å². The van der Waals surface area contributed by atoms with Crippen molar-refractivity contribution in [2.75, 3.05) is 0 Å². The number of fused-ring (bicyclic) bond motifs is 1. The molecule has 6 heteroatoms. The Bertz CT molecular complexity index is 846. The van der Waals surface area contributed by atoms with E-state index in [1.54, 1.807) is 6.07 Å². The van der Waals surface area contributed by atoms with Gasteiger partial charge in [0.05, 0.1) is 0 Å². The zero-order valence-electron chi connectivity index (χ0n) is 15.8. The summed E-state index contributed by atoms with van der Waals surface area (Å²) in [4.78, 5) is 17.1. The molecule has 2 aromatic carbocycles. The van der Waals surface area contributed by atoms with E-state index in [-0.39, 0.29) is 24.2 Å². The maximum Gasteiger partial charge on any atom is 0.223 e. The number of benzene rings is 2. The molecule has 1 aliphatic heterocycles. The Kier molecular flexibility index (Phi) is 6.70. The van der Waals surface area contributed by atoms with Crippen molar-refractivity contribution in [1.82, 2.24) is 5.32 Å². The number of carbonyl (C=O) groups is 1. The Morgan fingerprint density at radius 1 is 1.07 bits per heavy atom. The summed E-state index contributed by atoms with van der Waals surface area (Å²) in [5.41, 5.74) is 2.83. The topological polar surface area (TPSA) is 78.3 Å². The van der Waals surface area contributed by atoms with E-state index in [0.29, 0.717) is 18.2 Å². The molecular formula is C22H26ClN3O2. The van der Waals surface area contributed by atoms with Crippen molar-refractivity contribution in [3.63, 3.8) is 0 Å². The summed E-state index contributed by atoms with van der Waals surface area (Å²) in [5, 5.41) is 15.0. The molecule has 0 saturated heterocycles. The van der Waals surface area contributed by atoms with Crippen LogP contribution in [-0.2, 0) is 11.3 Å². The molecule has 0 radical (unpaired) electrons. The second-order valence-electron chi connectivity index (χ2n) is 7.58. The lowest BCUT2D eigenvalue weighted by atomic mass is 9.80. The Balaban J connectivity index is 0.00000225. The molecule has 0 aromatic heterocycles. The van der Waals surface area contributed by atoms with E-state index >= 15 is 0 Å². The Hall–Kier alpha value is -2.37. The molecule has 0 spiro atoms. The summed E-state index contributed by atoms with van der Waals surface area (Å²) < 4.78 is 0. The van der Waals surface area contributed by atoms with E-state index in [1.807, 2.05) is 47.8 Å². The molecule has 28 heavy (non-hydrogen) atoms. The second-order valence-corrected chi connectivity index (χ2v) is 7.58. The fraction of sp³-hybridized carbons (Fsp3) is 0.364. The fourth-order valence-electron chi connectivity index (χ4n) is 4.10. The molecule has 1 saturated carbocycles. The maximum atomic E-state index is 12.4. The van der Waals surface area contributed by atoms with Crippen LogP contribution in [-0.4, -0.2) is 16.8 Å². The molecule has 0 atom stereocenters. The predicted octanol–water partition coefficient (Wildman–Crippen LogP) is 0.148. The Morgan fingerprint density at radius 3 is 2.54 bits per heavy atom. The van der Waals surface area contributed by atoms with E-state index in [1.165, 1.54) is 0 Å². The molecule has 0 bridgehead atoms.